The van der Waals surface area contributed by atoms with Crippen LogP contribution < -0.4 is 4.74 Å². The lowest BCUT2D eigenvalue weighted by molar-refractivity contribution is -0.134. The quantitative estimate of drug-likeness (QED) is 0.312. The summed E-state index contributed by atoms with van der Waals surface area (Å²) in [5.74, 6) is 0.527. The van der Waals surface area contributed by atoms with Gasteiger partial charge in [-0.05, 0) is 49.4 Å². The number of aliphatic carboxylic acids is 1. The molecule has 0 radical (unpaired) electrons. The van der Waals surface area contributed by atoms with E-state index in [9.17, 15) is 0 Å². The molecule has 0 aliphatic heterocycles. The molecule has 9 heteroatoms. The summed E-state index contributed by atoms with van der Waals surface area (Å²) in [6.07, 6.45) is 5.24. The Balaban J connectivity index is 0.000000785. The molecule has 0 aliphatic rings. The normalized spacial score (nSPS) is 11.1. The molecule has 1 heterocycles. The number of imidazole rings is 1. The number of nitrogens with zero attached hydrogens (tertiary/aromatic N) is 2. The highest BCUT2D eigenvalue weighted by molar-refractivity contribution is 6.35. The fourth-order valence-electron chi connectivity index (χ4n) is 2.46. The molecule has 1 N–H and O–H groups in total. The second-order valence-corrected chi connectivity index (χ2v) is 7.46. The molecule has 6 nitrogen and oxygen atoms in total. The highest BCUT2D eigenvalue weighted by Gasteiger charge is 2.14. The summed E-state index contributed by atoms with van der Waals surface area (Å²) in [7, 11) is 0. The number of carboxylic acids is 1. The molecule has 0 atom stereocenters. The molecule has 0 saturated carbocycles. The van der Waals surface area contributed by atoms with E-state index in [0.717, 1.165) is 23.9 Å². The van der Waals surface area contributed by atoms with Gasteiger partial charge in [-0.15, -0.1) is 0 Å². The third-order valence-corrected chi connectivity index (χ3v) is 4.61. The lowest BCUT2D eigenvalue weighted by atomic mass is 10.1. The Morgan fingerprint density at radius 2 is 1.68 bits per heavy atom. The molecule has 0 unspecified atom stereocenters. The smallest absolute Gasteiger partial charge is 0.300 e. The zero-order valence-electron chi connectivity index (χ0n) is 16.9. The lowest BCUT2D eigenvalue weighted by Gasteiger charge is -2.17. The fourth-order valence-corrected chi connectivity index (χ4v) is 3.08. The second kappa shape index (κ2) is 12.2. The van der Waals surface area contributed by atoms with Crippen molar-refractivity contribution in [1.29, 1.82) is 0 Å². The Labute approximate surface area is 195 Å². The predicted octanol–water partition coefficient (Wildman–Crippen LogP) is 6.38. The molecule has 0 saturated heterocycles. The first-order valence-electron chi connectivity index (χ1n) is 9.13. The number of carboxylic acid groups (broad SMARTS) is 1. The standard InChI is InChI=1S/C20H17Cl3N2O2.C2H4O2/c1-14(25-9-8-24-13-25)20(18-7-4-16(22)12-19(18)23)27-11-10-26-17-5-2-15(21)3-6-17;1-2(3)4/h2-9,12-13H,10-11H2,1H3;1H3,(H,3,4)/b20-14-;. The first kappa shape index (κ1) is 24.6. The van der Waals surface area contributed by atoms with Crippen LogP contribution in [-0.4, -0.2) is 33.8 Å². The van der Waals surface area contributed by atoms with Crippen LogP contribution in [0.2, 0.25) is 15.1 Å². The van der Waals surface area contributed by atoms with Crippen molar-refractivity contribution in [3.8, 4) is 5.75 Å². The van der Waals surface area contributed by atoms with Crippen LogP contribution in [0.15, 0.2) is 61.2 Å². The molecule has 0 bridgehead atoms. The third kappa shape index (κ3) is 8.17. The van der Waals surface area contributed by atoms with E-state index in [-0.39, 0.29) is 0 Å². The second-order valence-electron chi connectivity index (χ2n) is 6.18. The maximum atomic E-state index is 9.00. The van der Waals surface area contributed by atoms with E-state index < -0.39 is 5.97 Å². The van der Waals surface area contributed by atoms with Crippen LogP contribution >= 0.6 is 34.8 Å². The van der Waals surface area contributed by atoms with Crippen molar-refractivity contribution >= 4 is 52.2 Å². The zero-order chi connectivity index (χ0) is 22.8. The summed E-state index contributed by atoms with van der Waals surface area (Å²) >= 11 is 18.3. The largest absolute Gasteiger partial charge is 0.490 e. The molecule has 164 valence electrons. The van der Waals surface area contributed by atoms with Crippen molar-refractivity contribution in [2.45, 2.75) is 13.8 Å². The Kier molecular flexibility index (Phi) is 9.72. The molecule has 3 aromatic rings. The highest BCUT2D eigenvalue weighted by Crippen LogP contribution is 2.31. The number of allylic oxidation sites excluding steroid dienone is 1. The lowest BCUT2D eigenvalue weighted by Crippen LogP contribution is -2.08. The van der Waals surface area contributed by atoms with Crippen molar-refractivity contribution in [1.82, 2.24) is 9.55 Å². The fraction of sp³-hybridized carbons (Fsp3) is 0.182. The van der Waals surface area contributed by atoms with Crippen molar-refractivity contribution in [2.24, 2.45) is 0 Å². The zero-order valence-corrected chi connectivity index (χ0v) is 19.2. The third-order valence-electron chi connectivity index (χ3n) is 3.81. The Hall–Kier alpha value is -2.67. The van der Waals surface area contributed by atoms with Gasteiger partial charge >= 0.3 is 0 Å². The molecule has 0 aliphatic carbocycles. The van der Waals surface area contributed by atoms with Crippen LogP contribution in [-0.2, 0) is 9.53 Å². The van der Waals surface area contributed by atoms with Crippen molar-refractivity contribution < 1.29 is 19.4 Å². The van der Waals surface area contributed by atoms with Crippen LogP contribution in [0.1, 0.15) is 19.4 Å². The van der Waals surface area contributed by atoms with Gasteiger partial charge in [-0.1, -0.05) is 34.8 Å². The van der Waals surface area contributed by atoms with Gasteiger partial charge < -0.3 is 19.1 Å². The summed E-state index contributed by atoms with van der Waals surface area (Å²) in [4.78, 5) is 13.1. The van der Waals surface area contributed by atoms with Gasteiger partial charge in [0.05, 0.1) is 17.0 Å². The van der Waals surface area contributed by atoms with Crippen LogP contribution in [0, 0.1) is 0 Å². The Morgan fingerprint density at radius 3 is 2.26 bits per heavy atom. The van der Waals surface area contributed by atoms with Gasteiger partial charge in [0.2, 0.25) is 0 Å². The first-order chi connectivity index (χ1) is 14.8. The van der Waals surface area contributed by atoms with E-state index >= 15 is 0 Å². The van der Waals surface area contributed by atoms with Gasteiger partial charge in [-0.25, -0.2) is 4.98 Å². The van der Waals surface area contributed by atoms with Gasteiger partial charge in [-0.3, -0.25) is 4.79 Å². The van der Waals surface area contributed by atoms with Gasteiger partial charge in [0.1, 0.15) is 24.7 Å². The maximum absolute atomic E-state index is 9.00. The number of halogens is 3. The molecule has 0 spiro atoms. The molecule has 2 aromatic carbocycles. The number of carbonyl (C=O) groups is 1. The minimum Gasteiger partial charge on any atom is -0.490 e. The van der Waals surface area contributed by atoms with E-state index in [1.807, 2.05) is 35.9 Å². The Bertz CT molecular complexity index is 1020. The Morgan fingerprint density at radius 1 is 1.03 bits per heavy atom. The summed E-state index contributed by atoms with van der Waals surface area (Å²) in [5.41, 5.74) is 1.60. The molecular weight excluding hydrogens is 463 g/mol. The van der Waals surface area contributed by atoms with Crippen molar-refractivity contribution in [2.75, 3.05) is 13.2 Å². The van der Waals surface area contributed by atoms with Crippen molar-refractivity contribution in [3.05, 3.63) is 81.8 Å². The number of aromatic nitrogens is 2. The molecular formula is C22H21Cl3N2O4. The van der Waals surface area contributed by atoms with E-state index in [4.69, 9.17) is 54.2 Å². The molecule has 31 heavy (non-hydrogen) atoms. The first-order valence-corrected chi connectivity index (χ1v) is 10.3. The van der Waals surface area contributed by atoms with E-state index in [1.54, 1.807) is 36.8 Å². The number of rotatable bonds is 7. The van der Waals surface area contributed by atoms with Crippen molar-refractivity contribution in [3.63, 3.8) is 0 Å². The highest BCUT2D eigenvalue weighted by atomic mass is 35.5. The molecule has 3 rings (SSSR count). The monoisotopic (exact) mass is 482 g/mol. The molecule has 0 amide bonds. The molecule has 1 aromatic heterocycles. The average molecular weight is 484 g/mol. The number of hydrogen-bond donors (Lipinski definition) is 1. The summed E-state index contributed by atoms with van der Waals surface area (Å²) < 4.78 is 13.6. The van der Waals surface area contributed by atoms with Crippen LogP contribution in [0.5, 0.6) is 5.75 Å². The topological polar surface area (TPSA) is 73.6 Å². The number of hydrogen-bond acceptors (Lipinski definition) is 4. The van der Waals surface area contributed by atoms with Crippen LogP contribution in [0.4, 0.5) is 0 Å². The number of ether oxygens (including phenoxy) is 2. The van der Waals surface area contributed by atoms with Gasteiger partial charge in [0.25, 0.3) is 5.97 Å². The average Bonchev–Trinajstić information content (AvgIpc) is 3.24. The predicted molar refractivity (Wildman–Crippen MR) is 124 cm³/mol. The van der Waals surface area contributed by atoms with Crippen LogP contribution in [0.25, 0.3) is 11.5 Å². The van der Waals surface area contributed by atoms with E-state index in [2.05, 4.69) is 4.98 Å². The summed E-state index contributed by atoms with van der Waals surface area (Å²) in [6.45, 7) is 3.72. The van der Waals surface area contributed by atoms with Gasteiger partial charge in [0, 0.05) is 34.9 Å². The van der Waals surface area contributed by atoms with E-state index in [1.165, 1.54) is 0 Å². The van der Waals surface area contributed by atoms with Crippen LogP contribution in [0.3, 0.4) is 0 Å². The minimum atomic E-state index is -0.833. The van der Waals surface area contributed by atoms with Gasteiger partial charge in [-0.2, -0.15) is 0 Å². The number of benzene rings is 2. The molecule has 0 fully saturated rings. The summed E-state index contributed by atoms with van der Waals surface area (Å²) in [6, 6.07) is 12.5. The maximum Gasteiger partial charge on any atom is 0.300 e. The van der Waals surface area contributed by atoms with Gasteiger partial charge in [0.15, 0.2) is 0 Å². The van der Waals surface area contributed by atoms with E-state index in [0.29, 0.717) is 34.0 Å². The summed E-state index contributed by atoms with van der Waals surface area (Å²) in [5, 5.41) is 9.15. The SMILES string of the molecule is C/C(=C(/OCCOc1ccc(Cl)cc1)c1ccc(Cl)cc1Cl)n1ccnc1.CC(=O)O. The minimum absolute atomic E-state index is 0.336.